The Morgan fingerprint density at radius 1 is 0.965 bits per heavy atom. The lowest BCUT2D eigenvalue weighted by atomic mass is 10.0. The van der Waals surface area contributed by atoms with Gasteiger partial charge < -0.3 is 25.0 Å². The Labute approximate surface area is 329 Å². The van der Waals surface area contributed by atoms with Crippen molar-refractivity contribution in [1.29, 1.82) is 0 Å². The van der Waals surface area contributed by atoms with Crippen LogP contribution in [-0.4, -0.2) is 84.0 Å². The molecule has 3 heterocycles. The average molecular weight is 820 g/mol. The number of rotatable bonds is 6. The van der Waals surface area contributed by atoms with Crippen molar-refractivity contribution in [3.05, 3.63) is 70.5 Å². The highest BCUT2D eigenvalue weighted by molar-refractivity contribution is 7.89. The highest BCUT2D eigenvalue weighted by atomic mass is 32.2. The SMILES string of the molecule is CC(C)(C)OC(=O)N[C@H]1CCCCCCC[C@H]2C[C@@]2(C(=O)NS(=O)(=O)Cc2cc(F)ccc2F)NC(=O)[C@@H]2C[C@@H](OC(=O)N3Cc4cccc(F)c4C3)CN2C1=O. The monoisotopic (exact) mass is 819 g/mol. The Bertz CT molecular complexity index is 2030. The van der Waals surface area contributed by atoms with Crippen molar-refractivity contribution < 1.29 is 55.0 Å². The van der Waals surface area contributed by atoms with Gasteiger partial charge in [-0.15, -0.1) is 0 Å². The maximum absolute atomic E-state index is 14.5. The lowest BCUT2D eigenvalue weighted by molar-refractivity contribution is -0.141. The van der Waals surface area contributed by atoms with E-state index in [-0.39, 0.29) is 38.9 Å². The summed E-state index contributed by atoms with van der Waals surface area (Å²) in [5.41, 5.74) is -2.13. The zero-order valence-electron chi connectivity index (χ0n) is 32.1. The minimum atomic E-state index is -4.59. The second kappa shape index (κ2) is 16.5. The molecule has 57 heavy (non-hydrogen) atoms. The topological polar surface area (TPSA) is 181 Å². The summed E-state index contributed by atoms with van der Waals surface area (Å²) in [6.45, 7) is 4.78. The van der Waals surface area contributed by atoms with Crippen LogP contribution in [0.4, 0.5) is 22.8 Å². The van der Waals surface area contributed by atoms with Gasteiger partial charge in [-0.1, -0.05) is 44.2 Å². The van der Waals surface area contributed by atoms with Gasteiger partial charge in [-0.3, -0.25) is 24.0 Å². The van der Waals surface area contributed by atoms with Gasteiger partial charge in [0.1, 0.15) is 46.8 Å². The summed E-state index contributed by atoms with van der Waals surface area (Å²) < 4.78 is 82.1. The summed E-state index contributed by atoms with van der Waals surface area (Å²) >= 11 is 0. The molecular weight excluding hydrogens is 772 g/mol. The van der Waals surface area contributed by atoms with E-state index in [1.54, 1.807) is 26.8 Å². The third-order valence-corrected chi connectivity index (χ3v) is 12.0. The first kappa shape index (κ1) is 41.8. The molecular formula is C39H48F3N5O9S. The summed E-state index contributed by atoms with van der Waals surface area (Å²) in [7, 11) is -4.59. The summed E-state index contributed by atoms with van der Waals surface area (Å²) in [6.07, 6.45) is 1.24. The Kier molecular flexibility index (Phi) is 12.1. The largest absolute Gasteiger partial charge is 0.444 e. The molecule has 2 aromatic rings. The molecule has 0 radical (unpaired) electrons. The van der Waals surface area contributed by atoms with Crippen LogP contribution in [0.5, 0.6) is 0 Å². The molecule has 3 fully saturated rings. The van der Waals surface area contributed by atoms with Crippen LogP contribution in [-0.2, 0) is 52.7 Å². The minimum Gasteiger partial charge on any atom is -0.444 e. The fourth-order valence-corrected chi connectivity index (χ4v) is 9.04. The van der Waals surface area contributed by atoms with E-state index >= 15 is 0 Å². The van der Waals surface area contributed by atoms with Crippen molar-refractivity contribution >= 4 is 39.9 Å². The number of carbonyl (C=O) groups excluding carboxylic acids is 5. The lowest BCUT2D eigenvalue weighted by Crippen LogP contribution is -2.58. The second-order valence-corrected chi connectivity index (χ2v) is 18.0. The highest BCUT2D eigenvalue weighted by Gasteiger charge is 2.62. The van der Waals surface area contributed by atoms with Crippen LogP contribution in [0.1, 0.15) is 95.2 Å². The number of nitrogens with one attached hydrogen (secondary N) is 3. The van der Waals surface area contributed by atoms with Gasteiger partial charge in [0.2, 0.25) is 21.8 Å². The first-order chi connectivity index (χ1) is 26.8. The molecule has 14 nitrogen and oxygen atoms in total. The van der Waals surface area contributed by atoms with Crippen molar-refractivity contribution in [1.82, 2.24) is 25.2 Å². The number of sulfonamides is 1. The van der Waals surface area contributed by atoms with Crippen LogP contribution >= 0.6 is 0 Å². The van der Waals surface area contributed by atoms with Crippen molar-refractivity contribution in [2.75, 3.05) is 6.54 Å². The maximum atomic E-state index is 14.5. The van der Waals surface area contributed by atoms with Crippen molar-refractivity contribution in [3.63, 3.8) is 0 Å². The third-order valence-electron chi connectivity index (χ3n) is 10.8. The number of ether oxygens (including phenoxy) is 2. The van der Waals surface area contributed by atoms with E-state index in [9.17, 15) is 45.6 Å². The van der Waals surface area contributed by atoms with E-state index in [0.29, 0.717) is 42.9 Å². The Morgan fingerprint density at radius 2 is 1.68 bits per heavy atom. The van der Waals surface area contributed by atoms with Crippen LogP contribution in [0, 0.1) is 23.4 Å². The third kappa shape index (κ3) is 9.99. The fraction of sp³-hybridized carbons (Fsp3) is 0.564. The van der Waals surface area contributed by atoms with Crippen LogP contribution in [0.3, 0.4) is 0 Å². The molecule has 2 aromatic carbocycles. The maximum Gasteiger partial charge on any atom is 0.410 e. The molecule has 0 bridgehead atoms. The van der Waals surface area contributed by atoms with Gasteiger partial charge >= 0.3 is 12.2 Å². The summed E-state index contributed by atoms with van der Waals surface area (Å²) in [5, 5.41) is 5.36. The van der Waals surface area contributed by atoms with Gasteiger partial charge in [0.25, 0.3) is 5.91 Å². The molecule has 2 saturated heterocycles. The molecule has 18 heteroatoms. The number of nitrogens with zero attached hydrogens (tertiary/aromatic N) is 2. The quantitative estimate of drug-likeness (QED) is 0.373. The number of hydrogen-bond acceptors (Lipinski definition) is 9. The number of halogens is 3. The van der Waals surface area contributed by atoms with E-state index in [4.69, 9.17) is 9.47 Å². The smallest absolute Gasteiger partial charge is 0.410 e. The number of amides is 5. The Morgan fingerprint density at radius 3 is 2.40 bits per heavy atom. The van der Waals surface area contributed by atoms with Crippen LogP contribution in [0.15, 0.2) is 36.4 Å². The molecule has 0 unspecified atom stereocenters. The van der Waals surface area contributed by atoms with E-state index in [2.05, 4.69) is 10.6 Å². The van der Waals surface area contributed by atoms with Gasteiger partial charge in [0, 0.05) is 24.1 Å². The normalized spacial score (nSPS) is 25.5. The van der Waals surface area contributed by atoms with Gasteiger partial charge in [-0.2, -0.15) is 0 Å². The molecule has 310 valence electrons. The van der Waals surface area contributed by atoms with E-state index in [1.165, 1.54) is 21.9 Å². The Hall–Kier alpha value is -4.87. The highest BCUT2D eigenvalue weighted by Crippen LogP contribution is 2.48. The van der Waals surface area contributed by atoms with Crippen LogP contribution in [0.2, 0.25) is 0 Å². The average Bonchev–Trinajstić information content (AvgIpc) is 3.40. The van der Waals surface area contributed by atoms with E-state index < -0.39 is 104 Å². The molecule has 6 rings (SSSR count). The van der Waals surface area contributed by atoms with Crippen LogP contribution < -0.4 is 15.4 Å². The van der Waals surface area contributed by atoms with E-state index in [0.717, 1.165) is 25.0 Å². The van der Waals surface area contributed by atoms with Gasteiger partial charge in [0.15, 0.2) is 0 Å². The van der Waals surface area contributed by atoms with Crippen molar-refractivity contribution in [2.24, 2.45) is 5.92 Å². The van der Waals surface area contributed by atoms with Crippen molar-refractivity contribution in [3.8, 4) is 0 Å². The zero-order chi connectivity index (χ0) is 41.3. The van der Waals surface area contributed by atoms with Gasteiger partial charge in [0.05, 0.1) is 18.8 Å². The Balaban J connectivity index is 1.25. The zero-order valence-corrected chi connectivity index (χ0v) is 32.9. The summed E-state index contributed by atoms with van der Waals surface area (Å²) in [5.74, 6) is -6.39. The number of hydrogen-bond donors (Lipinski definition) is 3. The number of carbonyl (C=O) groups is 5. The van der Waals surface area contributed by atoms with Gasteiger partial charge in [-0.05, 0) is 75.8 Å². The molecule has 5 amide bonds. The molecule has 0 spiro atoms. The lowest BCUT2D eigenvalue weighted by Gasteiger charge is -2.30. The van der Waals surface area contributed by atoms with E-state index in [1.807, 2.05) is 4.72 Å². The minimum absolute atomic E-state index is 0.0458. The molecule has 3 aliphatic heterocycles. The molecule has 5 atom stereocenters. The predicted octanol–water partition coefficient (Wildman–Crippen LogP) is 4.68. The molecule has 0 aromatic heterocycles. The molecule has 1 saturated carbocycles. The van der Waals surface area contributed by atoms with Crippen molar-refractivity contribution in [2.45, 2.75) is 127 Å². The molecule has 1 aliphatic carbocycles. The second-order valence-electron chi connectivity index (χ2n) is 16.3. The van der Waals surface area contributed by atoms with Crippen LogP contribution in [0.25, 0.3) is 0 Å². The standard InChI is InChI=1S/C39H48F3N5O9S/c1-38(2,3)56-36(51)43-31-13-8-6-4-5-7-11-25-18-39(25,35(50)45-57(53,54)22-24-16-26(40)14-15-29(24)41)44-33(48)32-17-27(20-47(32)34(31)49)55-37(52)46-19-23-10-9-12-30(42)28(23)21-46/h9-10,12,14-16,25,27,31-32H,4-8,11,13,17-22H2,1-3H3,(H,43,51)(H,44,48)(H,45,50)/t25-,27+,31-,32-,39+/m0/s1. The number of benzene rings is 2. The summed E-state index contributed by atoms with van der Waals surface area (Å²) in [4.78, 5) is 71.4. The number of alkyl carbamates (subject to hydrolysis) is 1. The molecule has 4 aliphatic rings. The predicted molar refractivity (Wildman–Crippen MR) is 198 cm³/mol. The molecule has 3 N–H and O–H groups in total. The van der Waals surface area contributed by atoms with Gasteiger partial charge in [-0.25, -0.2) is 31.2 Å². The first-order valence-corrected chi connectivity index (χ1v) is 20.8. The fourth-order valence-electron chi connectivity index (χ4n) is 7.88. The summed E-state index contributed by atoms with van der Waals surface area (Å²) in [6, 6.07) is 4.37. The first-order valence-electron chi connectivity index (χ1n) is 19.2. The number of fused-ring (bicyclic) bond motifs is 3.